The highest BCUT2D eigenvalue weighted by atomic mass is 16.3. The second-order valence-corrected chi connectivity index (χ2v) is 4.50. The van der Waals surface area contributed by atoms with Crippen LogP contribution >= 0.6 is 0 Å². The van der Waals surface area contributed by atoms with Crippen LogP contribution in [0.4, 0.5) is 0 Å². The predicted octanol–water partition coefficient (Wildman–Crippen LogP) is -0.637. The molecule has 1 atom stereocenters. The highest BCUT2D eigenvalue weighted by Crippen LogP contribution is 2.11. The quantitative estimate of drug-likeness (QED) is 0.477. The van der Waals surface area contributed by atoms with Crippen molar-refractivity contribution >= 4 is 5.91 Å². The number of carbonyl (C=O) groups excluding carboxylic acids is 1. The van der Waals surface area contributed by atoms with Crippen molar-refractivity contribution in [1.29, 1.82) is 0 Å². The zero-order chi connectivity index (χ0) is 12.1. The molecular formula is C10H22N2O3. The number of hydrogen-bond acceptors (Lipinski definition) is 4. The van der Waals surface area contributed by atoms with E-state index < -0.39 is 11.1 Å². The first-order valence-electron chi connectivity index (χ1n) is 5.14. The Balaban J connectivity index is 4.47. The van der Waals surface area contributed by atoms with Crippen molar-refractivity contribution in [2.24, 2.45) is 5.73 Å². The van der Waals surface area contributed by atoms with E-state index in [-0.39, 0.29) is 19.1 Å². The van der Waals surface area contributed by atoms with Crippen molar-refractivity contribution in [3.8, 4) is 0 Å². The summed E-state index contributed by atoms with van der Waals surface area (Å²) in [5.41, 5.74) is 3.85. The lowest BCUT2D eigenvalue weighted by molar-refractivity contribution is -0.129. The third-order valence-corrected chi connectivity index (χ3v) is 2.40. The molecule has 1 amide bonds. The van der Waals surface area contributed by atoms with Crippen molar-refractivity contribution in [3.05, 3.63) is 0 Å². The minimum absolute atomic E-state index is 0.322. The first-order chi connectivity index (χ1) is 6.81. The molecule has 5 nitrogen and oxygen atoms in total. The van der Waals surface area contributed by atoms with Crippen LogP contribution in [0.2, 0.25) is 0 Å². The Kier molecular flexibility index (Phi) is 5.20. The van der Waals surface area contributed by atoms with Crippen LogP contribution in [0.1, 0.15) is 33.6 Å². The number of nitrogens with one attached hydrogen (secondary N) is 1. The van der Waals surface area contributed by atoms with Gasteiger partial charge in [-0.1, -0.05) is 13.3 Å². The van der Waals surface area contributed by atoms with Gasteiger partial charge in [0.25, 0.3) is 0 Å². The van der Waals surface area contributed by atoms with Gasteiger partial charge in [0, 0.05) is 0 Å². The molecule has 0 aromatic carbocycles. The molecule has 0 rings (SSSR count). The first-order valence-corrected chi connectivity index (χ1v) is 5.14. The molecule has 0 spiro atoms. The van der Waals surface area contributed by atoms with Gasteiger partial charge in [0.05, 0.1) is 24.3 Å². The summed E-state index contributed by atoms with van der Waals surface area (Å²) >= 11 is 0. The summed E-state index contributed by atoms with van der Waals surface area (Å²) in [6.45, 7) is 4.50. The van der Waals surface area contributed by atoms with Gasteiger partial charge < -0.3 is 21.3 Å². The summed E-state index contributed by atoms with van der Waals surface area (Å²) in [6, 6.07) is 0. The van der Waals surface area contributed by atoms with Crippen molar-refractivity contribution in [1.82, 2.24) is 5.32 Å². The van der Waals surface area contributed by atoms with Crippen LogP contribution in [0.15, 0.2) is 0 Å². The minimum Gasteiger partial charge on any atom is -0.394 e. The minimum atomic E-state index is -1.01. The van der Waals surface area contributed by atoms with E-state index in [0.29, 0.717) is 6.42 Å². The maximum absolute atomic E-state index is 11.7. The van der Waals surface area contributed by atoms with E-state index in [1.807, 2.05) is 6.92 Å². The van der Waals surface area contributed by atoms with Gasteiger partial charge in [0.1, 0.15) is 0 Å². The average Bonchev–Trinajstić information content (AvgIpc) is 2.17. The monoisotopic (exact) mass is 218 g/mol. The molecule has 0 aromatic rings. The maximum atomic E-state index is 11.7. The maximum Gasteiger partial charge on any atom is 0.240 e. The lowest BCUT2D eigenvalue weighted by Crippen LogP contribution is -2.60. The molecule has 0 aliphatic heterocycles. The van der Waals surface area contributed by atoms with Crippen molar-refractivity contribution < 1.29 is 15.0 Å². The molecule has 0 saturated heterocycles. The molecule has 0 aliphatic rings. The fourth-order valence-electron chi connectivity index (χ4n) is 1.18. The molecule has 1 unspecified atom stereocenters. The Morgan fingerprint density at radius 2 is 1.80 bits per heavy atom. The van der Waals surface area contributed by atoms with Crippen LogP contribution in [0.5, 0.6) is 0 Å². The average molecular weight is 218 g/mol. The Labute approximate surface area is 90.7 Å². The summed E-state index contributed by atoms with van der Waals surface area (Å²) in [6.07, 6.45) is 1.36. The Morgan fingerprint density at radius 1 is 1.33 bits per heavy atom. The van der Waals surface area contributed by atoms with Gasteiger partial charge in [-0.2, -0.15) is 0 Å². The van der Waals surface area contributed by atoms with Gasteiger partial charge in [-0.15, -0.1) is 0 Å². The molecule has 0 aromatic heterocycles. The number of rotatable bonds is 6. The Bertz CT molecular complexity index is 213. The fraction of sp³-hybridized carbons (Fsp3) is 0.900. The van der Waals surface area contributed by atoms with Crippen LogP contribution in [0.25, 0.3) is 0 Å². The number of nitrogens with two attached hydrogens (primary N) is 1. The smallest absolute Gasteiger partial charge is 0.240 e. The number of aliphatic hydroxyl groups excluding tert-OH is 2. The van der Waals surface area contributed by atoms with Crippen LogP contribution in [-0.2, 0) is 4.79 Å². The molecule has 5 N–H and O–H groups in total. The summed E-state index contributed by atoms with van der Waals surface area (Å²) in [5.74, 6) is -0.352. The summed E-state index contributed by atoms with van der Waals surface area (Å²) < 4.78 is 0. The molecular weight excluding hydrogens is 196 g/mol. The van der Waals surface area contributed by atoms with E-state index in [0.717, 1.165) is 6.42 Å². The molecule has 90 valence electrons. The molecule has 5 heteroatoms. The summed E-state index contributed by atoms with van der Waals surface area (Å²) in [5, 5.41) is 20.6. The van der Waals surface area contributed by atoms with E-state index >= 15 is 0 Å². The Hall–Kier alpha value is -0.650. The summed E-state index contributed by atoms with van der Waals surface area (Å²) in [4.78, 5) is 11.7. The zero-order valence-electron chi connectivity index (χ0n) is 9.71. The molecule has 0 fully saturated rings. The zero-order valence-corrected chi connectivity index (χ0v) is 9.71. The van der Waals surface area contributed by atoms with E-state index in [9.17, 15) is 4.79 Å². The number of carbonyl (C=O) groups is 1. The Morgan fingerprint density at radius 3 is 2.13 bits per heavy atom. The van der Waals surface area contributed by atoms with E-state index in [4.69, 9.17) is 15.9 Å². The molecule has 0 bridgehead atoms. The van der Waals surface area contributed by atoms with Gasteiger partial charge in [0.2, 0.25) is 5.91 Å². The normalized spacial score (nSPS) is 15.9. The largest absolute Gasteiger partial charge is 0.394 e. The van der Waals surface area contributed by atoms with Gasteiger partial charge in [-0.3, -0.25) is 4.79 Å². The van der Waals surface area contributed by atoms with E-state index in [1.54, 1.807) is 13.8 Å². The van der Waals surface area contributed by atoms with Crippen molar-refractivity contribution in [2.75, 3.05) is 13.2 Å². The van der Waals surface area contributed by atoms with Crippen LogP contribution < -0.4 is 11.1 Å². The highest BCUT2D eigenvalue weighted by Gasteiger charge is 2.33. The molecule has 0 heterocycles. The van der Waals surface area contributed by atoms with Crippen LogP contribution in [0.3, 0.4) is 0 Å². The van der Waals surface area contributed by atoms with Gasteiger partial charge in [-0.25, -0.2) is 0 Å². The SMILES string of the molecule is CCCC(C)(N)C(=O)NC(C)(CO)CO. The fourth-order valence-corrected chi connectivity index (χ4v) is 1.18. The van der Waals surface area contributed by atoms with Crippen molar-refractivity contribution in [3.63, 3.8) is 0 Å². The topological polar surface area (TPSA) is 95.6 Å². The molecule has 0 radical (unpaired) electrons. The second-order valence-electron chi connectivity index (χ2n) is 4.50. The molecule has 0 saturated carbocycles. The van der Waals surface area contributed by atoms with Crippen LogP contribution in [0, 0.1) is 0 Å². The highest BCUT2D eigenvalue weighted by molar-refractivity contribution is 5.86. The predicted molar refractivity (Wildman–Crippen MR) is 58.2 cm³/mol. The third kappa shape index (κ3) is 4.15. The summed E-state index contributed by atoms with van der Waals surface area (Å²) in [7, 11) is 0. The lowest BCUT2D eigenvalue weighted by atomic mass is 9.94. The lowest BCUT2D eigenvalue weighted by Gasteiger charge is -2.31. The molecule has 15 heavy (non-hydrogen) atoms. The second kappa shape index (κ2) is 5.44. The van der Waals surface area contributed by atoms with Gasteiger partial charge in [-0.05, 0) is 20.3 Å². The van der Waals surface area contributed by atoms with E-state index in [2.05, 4.69) is 5.32 Å². The van der Waals surface area contributed by atoms with Gasteiger partial charge >= 0.3 is 0 Å². The van der Waals surface area contributed by atoms with Gasteiger partial charge in [0.15, 0.2) is 0 Å². The van der Waals surface area contributed by atoms with E-state index in [1.165, 1.54) is 0 Å². The number of amides is 1. The third-order valence-electron chi connectivity index (χ3n) is 2.40. The number of aliphatic hydroxyl groups is 2. The van der Waals surface area contributed by atoms with Crippen LogP contribution in [-0.4, -0.2) is 40.4 Å². The van der Waals surface area contributed by atoms with Crippen molar-refractivity contribution in [2.45, 2.75) is 44.7 Å². The number of hydrogen-bond donors (Lipinski definition) is 4. The molecule has 0 aliphatic carbocycles. The first kappa shape index (κ1) is 14.3. The standard InChI is InChI=1S/C10H22N2O3/c1-4-5-10(3,11)8(15)12-9(2,6-13)7-14/h13-14H,4-7,11H2,1-3H3,(H,12,15).